The topological polar surface area (TPSA) is 114 Å². The van der Waals surface area contributed by atoms with Gasteiger partial charge in [-0.2, -0.15) is 0 Å². The molecule has 2 aromatic heterocycles. The number of carbonyl (C=O) groups excluding carboxylic acids is 1. The molecule has 1 aromatic carbocycles. The summed E-state index contributed by atoms with van der Waals surface area (Å²) >= 11 is 5.89. The molecule has 2 saturated carbocycles. The number of aromatic nitrogens is 4. The Kier molecular flexibility index (Phi) is 7.95. The third kappa shape index (κ3) is 5.49. The maximum Gasteiger partial charge on any atom is 0.274 e. The largest absolute Gasteiger partial charge is 0.471 e. The van der Waals surface area contributed by atoms with E-state index in [9.17, 15) is 19.4 Å². The smallest absolute Gasteiger partial charge is 0.274 e. The van der Waals surface area contributed by atoms with Crippen LogP contribution in [-0.2, 0) is 19.7 Å². The average Bonchev–Trinajstić information content (AvgIpc) is 3.67. The van der Waals surface area contributed by atoms with E-state index >= 15 is 0 Å². The van der Waals surface area contributed by atoms with Gasteiger partial charge in [0.1, 0.15) is 28.8 Å². The van der Waals surface area contributed by atoms with Crippen molar-refractivity contribution in [1.29, 1.82) is 0 Å². The lowest BCUT2D eigenvalue weighted by Crippen LogP contribution is -2.42. The number of imidazole rings is 1. The molecule has 3 aromatic rings. The minimum absolute atomic E-state index is 0.0609. The fourth-order valence-electron chi connectivity index (χ4n) is 6.93. The summed E-state index contributed by atoms with van der Waals surface area (Å²) in [4.78, 5) is 17.8. The van der Waals surface area contributed by atoms with Crippen molar-refractivity contribution >= 4 is 23.2 Å². The van der Waals surface area contributed by atoms with Crippen LogP contribution < -0.4 is 10.1 Å². The van der Waals surface area contributed by atoms with Gasteiger partial charge in [0.2, 0.25) is 5.88 Å². The van der Waals surface area contributed by atoms with Crippen LogP contribution in [0.1, 0.15) is 87.1 Å². The van der Waals surface area contributed by atoms with Crippen molar-refractivity contribution in [2.45, 2.75) is 82.5 Å². The van der Waals surface area contributed by atoms with Crippen molar-refractivity contribution < 1.29 is 24.1 Å². The molecule has 2 aliphatic carbocycles. The molecule has 0 spiro atoms. The Morgan fingerprint density at radius 2 is 1.90 bits per heavy atom. The number of aryl methyl sites for hydroxylation is 2. The summed E-state index contributed by atoms with van der Waals surface area (Å²) in [6, 6.07) is 5.87. The summed E-state index contributed by atoms with van der Waals surface area (Å²) in [6.07, 6.45) is 5.12. The molecule has 1 amide bonds. The van der Waals surface area contributed by atoms with Crippen molar-refractivity contribution in [3.05, 3.63) is 58.5 Å². The minimum atomic E-state index is -1.04. The van der Waals surface area contributed by atoms with Gasteiger partial charge in [0.15, 0.2) is 0 Å². The van der Waals surface area contributed by atoms with Crippen LogP contribution >= 0.6 is 11.6 Å². The number of aliphatic hydroxyl groups is 2. The van der Waals surface area contributed by atoms with Gasteiger partial charge in [-0.05, 0) is 75.5 Å². The number of carbonyl (C=O) groups is 1. The maximum atomic E-state index is 13.6. The highest BCUT2D eigenvalue weighted by atomic mass is 35.5. The molecule has 0 saturated heterocycles. The lowest BCUT2D eigenvalue weighted by atomic mass is 9.90. The molecule has 3 unspecified atom stereocenters. The number of amides is 1. The first-order valence-electron chi connectivity index (χ1n) is 14.3. The summed E-state index contributed by atoms with van der Waals surface area (Å²) in [5.74, 6) is 0.133. The molecule has 222 valence electrons. The van der Waals surface area contributed by atoms with E-state index < -0.39 is 23.1 Å². The zero-order chi connectivity index (χ0) is 29.7. The van der Waals surface area contributed by atoms with E-state index in [0.717, 1.165) is 18.5 Å². The zero-order valence-electron chi connectivity index (χ0n) is 24.2. The third-order valence-electron chi connectivity index (χ3n) is 9.40. The monoisotopic (exact) mass is 587 g/mol. The number of ether oxygens (including phenoxy) is 1. The highest BCUT2D eigenvalue weighted by Crippen LogP contribution is 2.57. The Balaban J connectivity index is 1.28. The Morgan fingerprint density at radius 3 is 2.51 bits per heavy atom. The highest BCUT2D eigenvalue weighted by Gasteiger charge is 2.52. The van der Waals surface area contributed by atoms with Crippen LogP contribution in [0.3, 0.4) is 0 Å². The molecule has 3 N–H and O–H groups in total. The van der Waals surface area contributed by atoms with Crippen LogP contribution in [0.25, 0.3) is 0 Å². The summed E-state index contributed by atoms with van der Waals surface area (Å²) < 4.78 is 23.0. The van der Waals surface area contributed by atoms with E-state index in [-0.39, 0.29) is 28.7 Å². The molecular formula is C30H39ClFN5O4. The van der Waals surface area contributed by atoms with Gasteiger partial charge in [-0.15, -0.1) is 5.10 Å². The average molecular weight is 588 g/mol. The fourth-order valence-corrected chi connectivity index (χ4v) is 7.11. The van der Waals surface area contributed by atoms with Crippen LogP contribution in [0.2, 0.25) is 5.02 Å². The predicted octanol–water partition coefficient (Wildman–Crippen LogP) is 5.31. The zero-order valence-corrected chi connectivity index (χ0v) is 25.0. The second kappa shape index (κ2) is 11.0. The first-order chi connectivity index (χ1) is 19.4. The van der Waals surface area contributed by atoms with Crippen molar-refractivity contribution in [3.8, 4) is 5.88 Å². The van der Waals surface area contributed by atoms with Crippen molar-refractivity contribution in [2.24, 2.45) is 25.9 Å². The summed E-state index contributed by atoms with van der Waals surface area (Å²) in [7, 11) is 3.59. The van der Waals surface area contributed by atoms with E-state index in [2.05, 4.69) is 15.4 Å². The molecule has 0 aliphatic heterocycles. The highest BCUT2D eigenvalue weighted by molar-refractivity contribution is 6.31. The number of fused-ring (bicyclic) bond motifs is 1. The van der Waals surface area contributed by atoms with Gasteiger partial charge in [0.05, 0.1) is 22.7 Å². The third-order valence-corrected chi connectivity index (χ3v) is 9.69. The summed E-state index contributed by atoms with van der Waals surface area (Å²) in [5.41, 5.74) is 0.336. The lowest BCUT2D eigenvalue weighted by molar-refractivity contribution is -0.0604. The molecule has 2 fully saturated rings. The molecule has 9 nitrogen and oxygen atoms in total. The molecule has 0 bridgehead atoms. The van der Waals surface area contributed by atoms with Gasteiger partial charge in [-0.1, -0.05) is 25.4 Å². The second-order valence-corrected chi connectivity index (χ2v) is 12.3. The van der Waals surface area contributed by atoms with Gasteiger partial charge in [-0.3, -0.25) is 9.48 Å². The van der Waals surface area contributed by atoms with Gasteiger partial charge < -0.3 is 24.8 Å². The quantitative estimate of drug-likeness (QED) is 0.313. The Morgan fingerprint density at radius 1 is 1.24 bits per heavy atom. The fraction of sp³-hybridized carbons (Fsp3) is 0.567. The number of anilines is 1. The van der Waals surface area contributed by atoms with Crippen LogP contribution in [0, 0.1) is 17.7 Å². The molecule has 0 radical (unpaired) electrons. The Hall–Kier alpha value is -2.95. The van der Waals surface area contributed by atoms with Crippen molar-refractivity contribution in [1.82, 2.24) is 19.3 Å². The summed E-state index contributed by atoms with van der Waals surface area (Å²) in [5, 5.41) is 29.8. The lowest BCUT2D eigenvalue weighted by Gasteiger charge is -2.31. The minimum Gasteiger partial charge on any atom is -0.471 e. The van der Waals surface area contributed by atoms with E-state index in [0.29, 0.717) is 48.6 Å². The number of nitrogens with one attached hydrogen (secondary N) is 1. The molecule has 3 atom stereocenters. The standard InChI is InChI=1S/C30H39ClFN5O4/c1-6-29(39,7-2)17(3)41-25-13-24(37(5)35-25)30(40)14-19-10-18(11-20(19)15-30)26-27(36(4)16-33-26)28(38)34-21-8-9-23(32)22(31)12-21/h8-9,12-13,16-20,39-40H,6-7,10-11,14-15H2,1-5H3,(H,34,38). The van der Waals surface area contributed by atoms with Gasteiger partial charge in [0, 0.05) is 31.8 Å². The van der Waals surface area contributed by atoms with Crippen LogP contribution in [0.5, 0.6) is 5.88 Å². The number of benzene rings is 1. The predicted molar refractivity (Wildman–Crippen MR) is 153 cm³/mol. The maximum absolute atomic E-state index is 13.6. The summed E-state index contributed by atoms with van der Waals surface area (Å²) in [6.45, 7) is 5.71. The number of nitrogens with zero attached hydrogens (tertiary/aromatic N) is 4. The van der Waals surface area contributed by atoms with Crippen LogP contribution in [0.15, 0.2) is 30.6 Å². The molecule has 11 heteroatoms. The Bertz CT molecular complexity index is 1420. The molecule has 2 aliphatic rings. The Labute approximate surface area is 244 Å². The normalized spacial score (nSPS) is 24.9. The SMILES string of the molecule is CCC(O)(CC)C(C)Oc1cc(C2(O)CC3CC(c4ncn(C)c4C(=O)Nc4ccc(F)c(Cl)c4)CC3C2)n(C)n1. The van der Waals surface area contributed by atoms with Crippen LogP contribution in [0.4, 0.5) is 10.1 Å². The molecule has 5 rings (SSSR count). The van der Waals surface area contributed by atoms with Crippen molar-refractivity contribution in [3.63, 3.8) is 0 Å². The van der Waals surface area contributed by atoms with E-state index in [4.69, 9.17) is 16.3 Å². The van der Waals surface area contributed by atoms with Gasteiger partial charge >= 0.3 is 0 Å². The van der Waals surface area contributed by atoms with Crippen molar-refractivity contribution in [2.75, 3.05) is 5.32 Å². The number of rotatable bonds is 9. The number of hydrogen-bond donors (Lipinski definition) is 3. The van der Waals surface area contributed by atoms with E-state index in [1.54, 1.807) is 35.7 Å². The molecular weight excluding hydrogens is 549 g/mol. The first-order valence-corrected chi connectivity index (χ1v) is 14.7. The molecule has 2 heterocycles. The van der Waals surface area contributed by atoms with Gasteiger partial charge in [-0.25, -0.2) is 9.37 Å². The van der Waals surface area contributed by atoms with E-state index in [1.807, 2.05) is 20.8 Å². The number of hydrogen-bond acceptors (Lipinski definition) is 6. The first kappa shape index (κ1) is 29.5. The van der Waals surface area contributed by atoms with Crippen LogP contribution in [-0.4, -0.2) is 47.2 Å². The number of halogens is 2. The van der Waals surface area contributed by atoms with E-state index in [1.165, 1.54) is 18.2 Å². The molecule has 41 heavy (non-hydrogen) atoms. The van der Waals surface area contributed by atoms with Gasteiger partial charge in [0.25, 0.3) is 5.91 Å². The second-order valence-electron chi connectivity index (χ2n) is 11.9.